The van der Waals surface area contributed by atoms with Crippen molar-refractivity contribution in [3.63, 3.8) is 0 Å². The lowest BCUT2D eigenvalue weighted by Crippen LogP contribution is -2.29. The van der Waals surface area contributed by atoms with E-state index in [0.29, 0.717) is 12.2 Å². The second-order valence-corrected chi connectivity index (χ2v) is 5.57. The summed E-state index contributed by atoms with van der Waals surface area (Å²) in [5, 5.41) is 13.9. The lowest BCUT2D eigenvalue weighted by atomic mass is 10.1. The predicted molar refractivity (Wildman–Crippen MR) is 92.4 cm³/mol. The highest BCUT2D eigenvalue weighted by Crippen LogP contribution is 2.16. The summed E-state index contributed by atoms with van der Waals surface area (Å²) < 4.78 is 7.96. The summed E-state index contributed by atoms with van der Waals surface area (Å²) in [5.41, 5.74) is 3.45. The molecular weight excluding hydrogens is 324 g/mol. The van der Waals surface area contributed by atoms with Gasteiger partial charge in [-0.1, -0.05) is 13.8 Å². The van der Waals surface area contributed by atoms with E-state index in [1.54, 1.807) is 13.2 Å². The fourth-order valence-electron chi connectivity index (χ4n) is 2.76. The van der Waals surface area contributed by atoms with Crippen LogP contribution in [-0.2, 0) is 38.2 Å². The first-order valence-corrected chi connectivity index (χ1v) is 8.11. The zero-order valence-corrected chi connectivity index (χ0v) is 15.2. The molecule has 0 unspecified atom stereocenters. The van der Waals surface area contributed by atoms with E-state index >= 15 is 0 Å². The van der Waals surface area contributed by atoms with Crippen LogP contribution in [0.2, 0.25) is 0 Å². The van der Waals surface area contributed by atoms with E-state index in [1.165, 1.54) is 11.8 Å². The van der Waals surface area contributed by atoms with Gasteiger partial charge in [-0.2, -0.15) is 10.2 Å². The molecule has 0 bridgehead atoms. The molecule has 0 aromatic carbocycles. The van der Waals surface area contributed by atoms with Crippen LogP contribution in [0.5, 0.6) is 0 Å². The number of nitrogens with one attached hydrogen (secondary N) is 2. The van der Waals surface area contributed by atoms with Gasteiger partial charge in [-0.3, -0.25) is 9.36 Å². The van der Waals surface area contributed by atoms with Gasteiger partial charge in [0.25, 0.3) is 0 Å². The van der Waals surface area contributed by atoms with Crippen molar-refractivity contribution >= 4 is 17.7 Å². The van der Waals surface area contributed by atoms with Crippen LogP contribution in [-0.4, -0.2) is 38.7 Å². The number of carbonyl (C=O) groups excluding carboxylic acids is 2. The van der Waals surface area contributed by atoms with Gasteiger partial charge < -0.3 is 15.4 Å². The fraction of sp³-hybridized carbons (Fsp3) is 0.500. The van der Waals surface area contributed by atoms with Crippen LogP contribution < -0.4 is 10.6 Å². The van der Waals surface area contributed by atoms with E-state index in [1.807, 2.05) is 18.7 Å². The molecule has 2 N–H and O–H groups in total. The lowest BCUT2D eigenvalue weighted by Gasteiger charge is -2.09. The van der Waals surface area contributed by atoms with Gasteiger partial charge in [0.1, 0.15) is 0 Å². The largest absolute Gasteiger partial charge is 0.464 e. The minimum atomic E-state index is -0.607. The van der Waals surface area contributed by atoms with Gasteiger partial charge in [0.2, 0.25) is 0 Å². The first-order valence-electron chi connectivity index (χ1n) is 8.11. The standard InChI is InChI=1S/C16H24N6O3/c1-6-11-10(13(7-2)22(4)19-11)8-17-16(24)18-12-9-21(3)20-14(12)15(23)25-5/h9H,6-8H2,1-5H3,(H2,17,18,24). The number of esters is 1. The van der Waals surface area contributed by atoms with Crippen LogP contribution in [0.3, 0.4) is 0 Å². The van der Waals surface area contributed by atoms with Gasteiger partial charge in [-0.05, 0) is 12.8 Å². The van der Waals surface area contributed by atoms with Crippen LogP contribution in [0, 0.1) is 0 Å². The molecule has 136 valence electrons. The Labute approximate surface area is 146 Å². The van der Waals surface area contributed by atoms with Crippen molar-refractivity contribution < 1.29 is 14.3 Å². The Morgan fingerprint density at radius 1 is 1.20 bits per heavy atom. The number of anilines is 1. The molecule has 0 saturated carbocycles. The highest BCUT2D eigenvalue weighted by atomic mass is 16.5. The lowest BCUT2D eigenvalue weighted by molar-refractivity contribution is 0.0594. The van der Waals surface area contributed by atoms with Crippen molar-refractivity contribution in [1.29, 1.82) is 0 Å². The second kappa shape index (κ2) is 7.82. The van der Waals surface area contributed by atoms with Crippen molar-refractivity contribution in [2.24, 2.45) is 14.1 Å². The molecule has 2 rings (SSSR count). The summed E-state index contributed by atoms with van der Waals surface area (Å²) in [6.45, 7) is 4.45. The van der Waals surface area contributed by atoms with Gasteiger partial charge in [0.05, 0.1) is 18.5 Å². The quantitative estimate of drug-likeness (QED) is 0.768. The molecule has 0 radical (unpaired) electrons. The Balaban J connectivity index is 2.09. The maximum atomic E-state index is 12.2. The molecule has 9 nitrogen and oxygen atoms in total. The van der Waals surface area contributed by atoms with Crippen molar-refractivity contribution in [2.75, 3.05) is 12.4 Å². The van der Waals surface area contributed by atoms with Crippen molar-refractivity contribution in [1.82, 2.24) is 24.9 Å². The first-order chi connectivity index (χ1) is 11.9. The zero-order chi connectivity index (χ0) is 18.6. The third kappa shape index (κ3) is 3.98. The maximum absolute atomic E-state index is 12.2. The highest BCUT2D eigenvalue weighted by molar-refractivity contribution is 5.99. The predicted octanol–water partition coefficient (Wildman–Crippen LogP) is 1.39. The van der Waals surface area contributed by atoms with E-state index < -0.39 is 12.0 Å². The Morgan fingerprint density at radius 3 is 2.52 bits per heavy atom. The molecule has 2 aromatic heterocycles. The Bertz CT molecular complexity index is 777. The molecular formula is C16H24N6O3. The number of nitrogens with zero attached hydrogens (tertiary/aromatic N) is 4. The average molecular weight is 348 g/mol. The summed E-state index contributed by atoms with van der Waals surface area (Å²) in [6, 6.07) is -0.425. The zero-order valence-electron chi connectivity index (χ0n) is 15.2. The van der Waals surface area contributed by atoms with E-state index in [4.69, 9.17) is 0 Å². The molecule has 0 aliphatic carbocycles. The number of ether oxygens (including phenoxy) is 1. The van der Waals surface area contributed by atoms with Crippen molar-refractivity contribution in [2.45, 2.75) is 33.2 Å². The molecule has 25 heavy (non-hydrogen) atoms. The summed E-state index contributed by atoms with van der Waals surface area (Å²) in [5.74, 6) is -0.607. The molecule has 2 heterocycles. The number of aryl methyl sites for hydroxylation is 3. The summed E-state index contributed by atoms with van der Waals surface area (Å²) in [7, 11) is 4.83. The molecule has 0 saturated heterocycles. The SMILES string of the molecule is CCc1nn(C)c(CC)c1CNC(=O)Nc1cn(C)nc1C(=O)OC. The monoisotopic (exact) mass is 348 g/mol. The third-order valence-corrected chi connectivity index (χ3v) is 3.91. The van der Waals surface area contributed by atoms with Gasteiger partial charge >= 0.3 is 12.0 Å². The van der Waals surface area contributed by atoms with Gasteiger partial charge in [-0.25, -0.2) is 9.59 Å². The normalized spacial score (nSPS) is 10.6. The average Bonchev–Trinajstić information content (AvgIpc) is 3.10. The van der Waals surface area contributed by atoms with Crippen LogP contribution in [0.4, 0.5) is 10.5 Å². The Kier molecular flexibility index (Phi) is 5.79. The summed E-state index contributed by atoms with van der Waals surface area (Å²) >= 11 is 0. The van der Waals surface area contributed by atoms with E-state index in [9.17, 15) is 9.59 Å². The number of rotatable bonds is 6. The minimum absolute atomic E-state index is 0.0602. The topological polar surface area (TPSA) is 103 Å². The Morgan fingerprint density at radius 2 is 1.92 bits per heavy atom. The molecule has 0 fully saturated rings. The number of carbonyl (C=O) groups is 2. The molecule has 0 aliphatic heterocycles. The smallest absolute Gasteiger partial charge is 0.360 e. The van der Waals surface area contributed by atoms with Gasteiger partial charge in [-0.15, -0.1) is 0 Å². The Hall–Kier alpha value is -2.84. The number of hydrogen-bond donors (Lipinski definition) is 2. The number of aromatic nitrogens is 4. The van der Waals surface area contributed by atoms with Crippen molar-refractivity contribution in [3.8, 4) is 0 Å². The molecule has 0 spiro atoms. The minimum Gasteiger partial charge on any atom is -0.464 e. The fourth-order valence-corrected chi connectivity index (χ4v) is 2.76. The molecule has 2 aromatic rings. The van der Waals surface area contributed by atoms with E-state index in [2.05, 4.69) is 32.5 Å². The number of amides is 2. The summed E-state index contributed by atoms with van der Waals surface area (Å²) in [4.78, 5) is 23.9. The molecule has 0 atom stereocenters. The van der Waals surface area contributed by atoms with Crippen LogP contribution >= 0.6 is 0 Å². The molecule has 9 heteroatoms. The second-order valence-electron chi connectivity index (χ2n) is 5.57. The third-order valence-electron chi connectivity index (χ3n) is 3.91. The first kappa shape index (κ1) is 18.5. The van der Waals surface area contributed by atoms with E-state index in [-0.39, 0.29) is 5.69 Å². The van der Waals surface area contributed by atoms with E-state index in [0.717, 1.165) is 29.8 Å². The number of methoxy groups -OCH3 is 1. The van der Waals surface area contributed by atoms with Crippen LogP contribution in [0.1, 0.15) is 41.3 Å². The van der Waals surface area contributed by atoms with Crippen LogP contribution in [0.25, 0.3) is 0 Å². The number of urea groups is 1. The molecule has 0 aliphatic rings. The molecule has 2 amide bonds. The van der Waals surface area contributed by atoms with Gasteiger partial charge in [0, 0.05) is 38.1 Å². The summed E-state index contributed by atoms with van der Waals surface area (Å²) in [6.07, 6.45) is 3.17. The van der Waals surface area contributed by atoms with Crippen molar-refractivity contribution in [3.05, 3.63) is 28.8 Å². The maximum Gasteiger partial charge on any atom is 0.360 e. The van der Waals surface area contributed by atoms with Gasteiger partial charge in [0.15, 0.2) is 5.69 Å². The van der Waals surface area contributed by atoms with Crippen LogP contribution in [0.15, 0.2) is 6.20 Å². The highest BCUT2D eigenvalue weighted by Gasteiger charge is 2.19. The number of hydrogen-bond acceptors (Lipinski definition) is 5.